The number of rotatable bonds is 1. The molecule has 20 heavy (non-hydrogen) atoms. The number of furan rings is 1. The van der Waals surface area contributed by atoms with Crippen molar-refractivity contribution in [2.45, 2.75) is 19.4 Å². The summed E-state index contributed by atoms with van der Waals surface area (Å²) in [6, 6.07) is 5.70. The summed E-state index contributed by atoms with van der Waals surface area (Å²) in [6.45, 7) is 2.99. The molecule has 1 aliphatic carbocycles. The predicted octanol–water partition coefficient (Wildman–Crippen LogP) is 1.99. The Bertz CT molecular complexity index is 746. The maximum absolute atomic E-state index is 12.3. The van der Waals surface area contributed by atoms with Crippen molar-refractivity contribution in [2.24, 2.45) is 0 Å². The standard InChI is InChI=1S/C15H12O5/c1-15(2,19)10-6-8-12(17)7-4-3-5-9(16)11(7)13(18)14(8)20-10/h3-6,16,19H,1-2H3. The Hall–Kier alpha value is -2.40. The van der Waals surface area contributed by atoms with E-state index in [0.29, 0.717) is 0 Å². The lowest BCUT2D eigenvalue weighted by molar-refractivity contribution is 0.0526. The van der Waals surface area contributed by atoms with Crippen LogP contribution in [0.25, 0.3) is 0 Å². The number of hydrogen-bond acceptors (Lipinski definition) is 5. The van der Waals surface area contributed by atoms with Crippen molar-refractivity contribution < 1.29 is 24.2 Å². The second-order valence-electron chi connectivity index (χ2n) is 5.27. The third-order valence-electron chi connectivity index (χ3n) is 3.30. The van der Waals surface area contributed by atoms with Crippen LogP contribution in [0.4, 0.5) is 0 Å². The predicted molar refractivity (Wildman–Crippen MR) is 68.9 cm³/mol. The van der Waals surface area contributed by atoms with Crippen LogP contribution in [0, 0.1) is 0 Å². The highest BCUT2D eigenvalue weighted by Gasteiger charge is 2.37. The minimum atomic E-state index is -1.30. The zero-order valence-corrected chi connectivity index (χ0v) is 10.9. The van der Waals surface area contributed by atoms with Crippen LogP contribution in [-0.2, 0) is 5.60 Å². The maximum Gasteiger partial charge on any atom is 0.233 e. The fourth-order valence-corrected chi connectivity index (χ4v) is 2.26. The van der Waals surface area contributed by atoms with Gasteiger partial charge in [0.15, 0.2) is 11.5 Å². The van der Waals surface area contributed by atoms with Gasteiger partial charge in [0, 0.05) is 5.56 Å². The molecule has 0 amide bonds. The summed E-state index contributed by atoms with van der Waals surface area (Å²) in [5, 5.41) is 19.7. The monoisotopic (exact) mass is 272 g/mol. The second kappa shape index (κ2) is 3.80. The highest BCUT2D eigenvalue weighted by molar-refractivity contribution is 6.28. The second-order valence-corrected chi connectivity index (χ2v) is 5.27. The lowest BCUT2D eigenvalue weighted by atomic mass is 9.87. The van der Waals surface area contributed by atoms with Crippen molar-refractivity contribution in [1.29, 1.82) is 0 Å². The molecule has 3 rings (SSSR count). The molecule has 5 nitrogen and oxygen atoms in total. The molecule has 1 aromatic heterocycles. The third-order valence-corrected chi connectivity index (χ3v) is 3.30. The molecule has 0 fully saturated rings. The van der Waals surface area contributed by atoms with Crippen molar-refractivity contribution in [3.8, 4) is 5.75 Å². The molecule has 0 saturated carbocycles. The molecular weight excluding hydrogens is 260 g/mol. The molecule has 2 aromatic rings. The molecular formula is C15H12O5. The van der Waals surface area contributed by atoms with E-state index in [1.165, 1.54) is 38.1 Å². The SMILES string of the molecule is CC(C)(O)c1cc2c(o1)C(=O)c1c(O)cccc1C2=O. The number of ketones is 2. The Balaban J connectivity index is 2.27. The normalized spacial score (nSPS) is 14.2. The van der Waals surface area contributed by atoms with Crippen LogP contribution < -0.4 is 0 Å². The summed E-state index contributed by atoms with van der Waals surface area (Å²) in [5.74, 6) is -1.21. The molecule has 0 aliphatic heterocycles. The highest BCUT2D eigenvalue weighted by Crippen LogP contribution is 2.36. The molecule has 102 valence electrons. The Morgan fingerprint density at radius 1 is 1.10 bits per heavy atom. The molecule has 0 radical (unpaired) electrons. The number of fused-ring (bicyclic) bond motifs is 2. The van der Waals surface area contributed by atoms with Gasteiger partial charge in [-0.2, -0.15) is 0 Å². The van der Waals surface area contributed by atoms with E-state index in [2.05, 4.69) is 0 Å². The van der Waals surface area contributed by atoms with Gasteiger partial charge in [-0.1, -0.05) is 12.1 Å². The average Bonchev–Trinajstić information content (AvgIpc) is 2.81. The van der Waals surface area contributed by atoms with Crippen LogP contribution >= 0.6 is 0 Å². The number of phenolic OH excluding ortho intramolecular Hbond substituents is 1. The summed E-state index contributed by atoms with van der Waals surface area (Å²) in [6.07, 6.45) is 0. The fourth-order valence-electron chi connectivity index (χ4n) is 2.26. The molecule has 1 aliphatic rings. The van der Waals surface area contributed by atoms with Crippen molar-refractivity contribution in [3.63, 3.8) is 0 Å². The summed E-state index contributed by atoms with van der Waals surface area (Å²) < 4.78 is 5.33. The quantitative estimate of drug-likeness (QED) is 0.707. The molecule has 0 spiro atoms. The van der Waals surface area contributed by atoms with Gasteiger partial charge < -0.3 is 14.6 Å². The Morgan fingerprint density at radius 3 is 2.45 bits per heavy atom. The van der Waals surface area contributed by atoms with Crippen LogP contribution in [0.2, 0.25) is 0 Å². The zero-order valence-electron chi connectivity index (χ0n) is 10.9. The van der Waals surface area contributed by atoms with E-state index in [0.717, 1.165) is 0 Å². The van der Waals surface area contributed by atoms with Crippen LogP contribution in [0.5, 0.6) is 5.75 Å². The van der Waals surface area contributed by atoms with Gasteiger partial charge in [0.05, 0.1) is 11.1 Å². The smallest absolute Gasteiger partial charge is 0.233 e. The average molecular weight is 272 g/mol. The summed E-state index contributed by atoms with van der Waals surface area (Å²) in [7, 11) is 0. The number of phenols is 1. The van der Waals surface area contributed by atoms with E-state index in [1.54, 1.807) is 0 Å². The van der Waals surface area contributed by atoms with E-state index < -0.39 is 17.2 Å². The first-order valence-electron chi connectivity index (χ1n) is 6.09. The van der Waals surface area contributed by atoms with E-state index in [9.17, 15) is 19.8 Å². The number of carbonyl (C=O) groups is 2. The van der Waals surface area contributed by atoms with Crippen LogP contribution in [0.15, 0.2) is 28.7 Å². The van der Waals surface area contributed by atoms with Crippen LogP contribution in [0.3, 0.4) is 0 Å². The molecule has 0 atom stereocenters. The van der Waals surface area contributed by atoms with Crippen LogP contribution in [0.1, 0.15) is 51.6 Å². The van der Waals surface area contributed by atoms with Crippen molar-refractivity contribution in [3.05, 3.63) is 52.5 Å². The Morgan fingerprint density at radius 2 is 1.80 bits per heavy atom. The van der Waals surface area contributed by atoms with E-state index in [4.69, 9.17) is 4.42 Å². The van der Waals surface area contributed by atoms with Gasteiger partial charge in [-0.05, 0) is 26.0 Å². The molecule has 5 heteroatoms. The highest BCUT2D eigenvalue weighted by atomic mass is 16.4. The van der Waals surface area contributed by atoms with Gasteiger partial charge in [0.1, 0.15) is 17.1 Å². The molecule has 0 unspecified atom stereocenters. The first-order chi connectivity index (χ1) is 9.30. The molecule has 2 N–H and O–H groups in total. The van der Waals surface area contributed by atoms with Gasteiger partial charge in [-0.3, -0.25) is 9.59 Å². The number of carbonyl (C=O) groups excluding carboxylic acids is 2. The minimum Gasteiger partial charge on any atom is -0.507 e. The van der Waals surface area contributed by atoms with E-state index in [-0.39, 0.29) is 34.0 Å². The lowest BCUT2D eigenvalue weighted by Crippen LogP contribution is -2.19. The summed E-state index contributed by atoms with van der Waals surface area (Å²) >= 11 is 0. The molecule has 1 heterocycles. The largest absolute Gasteiger partial charge is 0.507 e. The summed E-state index contributed by atoms with van der Waals surface area (Å²) in [5.41, 5.74) is -1.09. The van der Waals surface area contributed by atoms with Gasteiger partial charge >= 0.3 is 0 Å². The number of aromatic hydroxyl groups is 1. The zero-order chi connectivity index (χ0) is 14.7. The first kappa shape index (κ1) is 12.6. The van der Waals surface area contributed by atoms with Crippen molar-refractivity contribution in [2.75, 3.05) is 0 Å². The molecule has 0 bridgehead atoms. The Labute approximate surface area is 114 Å². The van der Waals surface area contributed by atoms with Crippen molar-refractivity contribution >= 4 is 11.6 Å². The van der Waals surface area contributed by atoms with E-state index >= 15 is 0 Å². The molecule has 1 aromatic carbocycles. The lowest BCUT2D eigenvalue weighted by Gasteiger charge is -2.14. The van der Waals surface area contributed by atoms with E-state index in [1.807, 2.05) is 0 Å². The number of hydrogen-bond donors (Lipinski definition) is 2. The number of benzene rings is 1. The van der Waals surface area contributed by atoms with Crippen LogP contribution in [-0.4, -0.2) is 21.8 Å². The third kappa shape index (κ3) is 1.60. The maximum atomic E-state index is 12.3. The Kier molecular flexibility index (Phi) is 2.40. The van der Waals surface area contributed by atoms with Gasteiger partial charge in [-0.15, -0.1) is 0 Å². The van der Waals surface area contributed by atoms with Gasteiger partial charge in [0.25, 0.3) is 0 Å². The summed E-state index contributed by atoms with van der Waals surface area (Å²) in [4.78, 5) is 24.7. The first-order valence-corrected chi connectivity index (χ1v) is 6.09. The van der Waals surface area contributed by atoms with Gasteiger partial charge in [0.2, 0.25) is 5.78 Å². The minimum absolute atomic E-state index is 0.0540. The van der Waals surface area contributed by atoms with Crippen molar-refractivity contribution in [1.82, 2.24) is 0 Å². The van der Waals surface area contributed by atoms with Gasteiger partial charge in [-0.25, -0.2) is 0 Å². The fraction of sp³-hybridized carbons (Fsp3) is 0.200. The topological polar surface area (TPSA) is 87.7 Å². The number of aliphatic hydroxyl groups is 1. The molecule has 0 saturated heterocycles.